The van der Waals surface area contributed by atoms with E-state index >= 15 is 0 Å². The van der Waals surface area contributed by atoms with E-state index < -0.39 is 0 Å². The van der Waals surface area contributed by atoms with Crippen molar-refractivity contribution in [2.24, 2.45) is 11.8 Å². The summed E-state index contributed by atoms with van der Waals surface area (Å²) in [7, 11) is 0. The van der Waals surface area contributed by atoms with Crippen LogP contribution >= 0.6 is 0 Å². The molecule has 86 valence electrons. The van der Waals surface area contributed by atoms with Crippen molar-refractivity contribution in [1.82, 2.24) is 10.2 Å². The van der Waals surface area contributed by atoms with Crippen LogP contribution in [0.1, 0.15) is 38.5 Å². The van der Waals surface area contributed by atoms with E-state index in [-0.39, 0.29) is 0 Å². The van der Waals surface area contributed by atoms with Crippen LogP contribution in [0.15, 0.2) is 0 Å². The van der Waals surface area contributed by atoms with Crippen LogP contribution in [0.3, 0.4) is 0 Å². The molecule has 1 heterocycles. The van der Waals surface area contributed by atoms with Gasteiger partial charge in [-0.3, -0.25) is 4.90 Å². The van der Waals surface area contributed by atoms with E-state index in [1.807, 2.05) is 0 Å². The third-order valence-electron chi connectivity index (χ3n) is 4.53. The van der Waals surface area contributed by atoms with Crippen LogP contribution in [0.2, 0.25) is 0 Å². The molecular weight excluding hydrogens is 184 g/mol. The summed E-state index contributed by atoms with van der Waals surface area (Å²) in [6, 6.07) is 0.888. The summed E-state index contributed by atoms with van der Waals surface area (Å²) in [5.41, 5.74) is 0. The minimum atomic E-state index is 0.888. The number of hydrogen-bond donors (Lipinski definition) is 1. The van der Waals surface area contributed by atoms with Crippen molar-refractivity contribution in [1.29, 1.82) is 0 Å². The monoisotopic (exact) mass is 208 g/mol. The number of hydrogen-bond acceptors (Lipinski definition) is 2. The second-order valence-electron chi connectivity index (χ2n) is 5.75. The zero-order valence-corrected chi connectivity index (χ0v) is 9.75. The Hall–Kier alpha value is -0.0800. The van der Waals surface area contributed by atoms with Crippen LogP contribution in [-0.4, -0.2) is 37.1 Å². The molecule has 0 aromatic heterocycles. The molecule has 2 saturated carbocycles. The van der Waals surface area contributed by atoms with Crippen LogP contribution in [0, 0.1) is 11.8 Å². The van der Waals surface area contributed by atoms with Gasteiger partial charge in [-0.25, -0.2) is 0 Å². The van der Waals surface area contributed by atoms with Gasteiger partial charge in [-0.1, -0.05) is 12.8 Å². The molecule has 3 aliphatic rings. The smallest absolute Gasteiger partial charge is 0.0249 e. The summed E-state index contributed by atoms with van der Waals surface area (Å²) in [4.78, 5) is 2.81. The van der Waals surface area contributed by atoms with Gasteiger partial charge in [0.25, 0.3) is 0 Å². The van der Waals surface area contributed by atoms with Gasteiger partial charge in [0.2, 0.25) is 0 Å². The van der Waals surface area contributed by atoms with Crippen molar-refractivity contribution in [2.45, 2.75) is 44.6 Å². The highest BCUT2D eigenvalue weighted by Gasteiger charge is 2.37. The minimum Gasteiger partial charge on any atom is -0.314 e. The van der Waals surface area contributed by atoms with Crippen molar-refractivity contribution in [2.75, 3.05) is 26.2 Å². The predicted octanol–water partition coefficient (Wildman–Crippen LogP) is 1.86. The van der Waals surface area contributed by atoms with E-state index in [4.69, 9.17) is 0 Å². The lowest BCUT2D eigenvalue weighted by molar-refractivity contribution is 0.122. The van der Waals surface area contributed by atoms with Gasteiger partial charge in [-0.05, 0) is 37.5 Å². The topological polar surface area (TPSA) is 15.3 Å². The van der Waals surface area contributed by atoms with Crippen LogP contribution in [0.25, 0.3) is 0 Å². The quantitative estimate of drug-likeness (QED) is 0.761. The molecule has 3 rings (SSSR count). The maximum absolute atomic E-state index is 3.57. The fourth-order valence-corrected chi connectivity index (χ4v) is 3.46. The molecule has 0 amide bonds. The first-order valence-electron chi connectivity index (χ1n) is 6.88. The van der Waals surface area contributed by atoms with E-state index in [1.165, 1.54) is 64.7 Å². The van der Waals surface area contributed by atoms with Crippen LogP contribution < -0.4 is 5.32 Å². The van der Waals surface area contributed by atoms with E-state index in [9.17, 15) is 0 Å². The zero-order chi connectivity index (χ0) is 10.1. The average molecular weight is 208 g/mol. The highest BCUT2D eigenvalue weighted by atomic mass is 15.2. The third-order valence-corrected chi connectivity index (χ3v) is 4.53. The van der Waals surface area contributed by atoms with E-state index in [1.54, 1.807) is 0 Å². The number of nitrogens with one attached hydrogen (secondary N) is 1. The normalized spacial score (nSPS) is 34.8. The Kier molecular flexibility index (Phi) is 2.98. The standard InChI is InChI=1S/C13H24N2/c1-2-4-11(3-1)10-15-8-7-14-9-13(15)12-5-6-12/h11-14H,1-10H2. The lowest BCUT2D eigenvalue weighted by Gasteiger charge is -2.38. The Morgan fingerprint density at radius 1 is 1.07 bits per heavy atom. The Balaban J connectivity index is 1.56. The molecule has 15 heavy (non-hydrogen) atoms. The first-order valence-corrected chi connectivity index (χ1v) is 6.88. The molecule has 1 atom stereocenters. The molecule has 0 aromatic carbocycles. The Labute approximate surface area is 93.4 Å². The number of piperazine rings is 1. The molecule has 0 bridgehead atoms. The van der Waals surface area contributed by atoms with Crippen molar-refractivity contribution in [3.05, 3.63) is 0 Å². The molecule has 2 aliphatic carbocycles. The van der Waals surface area contributed by atoms with E-state index in [0.717, 1.165) is 17.9 Å². The highest BCUT2D eigenvalue weighted by Crippen LogP contribution is 2.37. The predicted molar refractivity (Wildman–Crippen MR) is 62.9 cm³/mol. The van der Waals surface area contributed by atoms with Gasteiger partial charge in [0, 0.05) is 32.2 Å². The third kappa shape index (κ3) is 2.36. The number of nitrogens with zero attached hydrogens (tertiary/aromatic N) is 1. The molecule has 1 unspecified atom stereocenters. The maximum atomic E-state index is 3.57. The Bertz CT molecular complexity index is 207. The van der Waals surface area contributed by atoms with Crippen LogP contribution in [0.5, 0.6) is 0 Å². The first-order chi connectivity index (χ1) is 7.43. The summed E-state index contributed by atoms with van der Waals surface area (Å²) < 4.78 is 0. The largest absolute Gasteiger partial charge is 0.314 e. The van der Waals surface area contributed by atoms with Gasteiger partial charge >= 0.3 is 0 Å². The zero-order valence-electron chi connectivity index (χ0n) is 9.75. The minimum absolute atomic E-state index is 0.888. The molecule has 1 saturated heterocycles. The average Bonchev–Trinajstić information content (AvgIpc) is 2.99. The summed E-state index contributed by atoms with van der Waals surface area (Å²) in [6.45, 7) is 5.19. The second-order valence-corrected chi connectivity index (χ2v) is 5.75. The molecule has 2 nitrogen and oxygen atoms in total. The van der Waals surface area contributed by atoms with Gasteiger partial charge in [0.15, 0.2) is 0 Å². The molecule has 1 N–H and O–H groups in total. The lowest BCUT2D eigenvalue weighted by atomic mass is 10.0. The SMILES string of the molecule is C1CCC(CN2CCNCC2C2CC2)C1. The van der Waals surface area contributed by atoms with Gasteiger partial charge in [0.1, 0.15) is 0 Å². The van der Waals surface area contributed by atoms with Crippen molar-refractivity contribution in [3.63, 3.8) is 0 Å². The summed E-state index contributed by atoms with van der Waals surface area (Å²) in [5.74, 6) is 2.07. The molecular formula is C13H24N2. The first kappa shape index (κ1) is 10.1. The Morgan fingerprint density at radius 3 is 2.60 bits per heavy atom. The van der Waals surface area contributed by atoms with Crippen molar-refractivity contribution >= 4 is 0 Å². The van der Waals surface area contributed by atoms with E-state index in [0.29, 0.717) is 0 Å². The Morgan fingerprint density at radius 2 is 1.87 bits per heavy atom. The number of rotatable bonds is 3. The van der Waals surface area contributed by atoms with Crippen LogP contribution in [0.4, 0.5) is 0 Å². The molecule has 1 aliphatic heterocycles. The molecule has 0 radical (unpaired) electrons. The fourth-order valence-electron chi connectivity index (χ4n) is 3.46. The maximum Gasteiger partial charge on any atom is 0.0249 e. The molecule has 0 aromatic rings. The summed E-state index contributed by atoms with van der Waals surface area (Å²) in [5, 5.41) is 3.57. The van der Waals surface area contributed by atoms with Crippen molar-refractivity contribution < 1.29 is 0 Å². The molecule has 3 fully saturated rings. The van der Waals surface area contributed by atoms with Crippen LogP contribution in [-0.2, 0) is 0 Å². The fraction of sp³-hybridized carbons (Fsp3) is 1.00. The van der Waals surface area contributed by atoms with E-state index in [2.05, 4.69) is 10.2 Å². The lowest BCUT2D eigenvalue weighted by Crippen LogP contribution is -2.53. The van der Waals surface area contributed by atoms with Gasteiger partial charge in [-0.15, -0.1) is 0 Å². The molecule has 2 heteroatoms. The second kappa shape index (κ2) is 4.42. The summed E-state index contributed by atoms with van der Waals surface area (Å²) in [6.07, 6.45) is 8.97. The highest BCUT2D eigenvalue weighted by molar-refractivity contribution is 4.93. The molecule has 0 spiro atoms. The van der Waals surface area contributed by atoms with Gasteiger partial charge in [-0.2, -0.15) is 0 Å². The summed E-state index contributed by atoms with van der Waals surface area (Å²) >= 11 is 0. The van der Waals surface area contributed by atoms with Gasteiger partial charge < -0.3 is 5.32 Å². The van der Waals surface area contributed by atoms with Crippen molar-refractivity contribution in [3.8, 4) is 0 Å². The van der Waals surface area contributed by atoms with Gasteiger partial charge in [0.05, 0.1) is 0 Å².